The van der Waals surface area contributed by atoms with Crippen molar-refractivity contribution in [2.75, 3.05) is 39.2 Å². The number of nitrogen functional groups attached to an aromatic ring is 1. The lowest BCUT2D eigenvalue weighted by atomic mass is 9.90. The molecule has 2 aromatic carbocycles. The second-order valence-corrected chi connectivity index (χ2v) is 11.9. The Bertz CT molecular complexity index is 1870. The van der Waals surface area contributed by atoms with Crippen LogP contribution >= 0.6 is 0 Å². The first-order chi connectivity index (χ1) is 19.4. The Hall–Kier alpha value is -3.86. The van der Waals surface area contributed by atoms with Crippen molar-refractivity contribution >= 4 is 42.8 Å². The number of benzene rings is 3. The lowest BCUT2D eigenvalue weighted by molar-refractivity contribution is 0.0697. The van der Waals surface area contributed by atoms with E-state index in [9.17, 15) is 31.3 Å². The van der Waals surface area contributed by atoms with Gasteiger partial charge in [-0.3, -0.25) is 9.96 Å². The van der Waals surface area contributed by atoms with Gasteiger partial charge in [-0.05, 0) is 42.3 Å². The summed E-state index contributed by atoms with van der Waals surface area (Å²) in [6.07, 6.45) is 0.306. The minimum absolute atomic E-state index is 0.0177. The molecule has 1 heterocycles. The average molecular weight is 606 g/mol. The smallest absolute Gasteiger partial charge is 0.336 e. The van der Waals surface area contributed by atoms with Gasteiger partial charge in [0.15, 0.2) is 16.2 Å². The zero-order chi connectivity index (χ0) is 29.9. The summed E-state index contributed by atoms with van der Waals surface area (Å²) in [6, 6.07) is 11.0. The summed E-state index contributed by atoms with van der Waals surface area (Å²) < 4.78 is 80.2. The molecule has 1 aliphatic carbocycles. The van der Waals surface area contributed by atoms with Crippen LogP contribution in [0.25, 0.3) is 33.4 Å². The molecule has 0 bridgehead atoms. The predicted octanol–water partition coefficient (Wildman–Crippen LogP) is 2.54. The van der Waals surface area contributed by atoms with Gasteiger partial charge in [0.1, 0.15) is 4.90 Å². The van der Waals surface area contributed by atoms with Crippen LogP contribution in [0.15, 0.2) is 62.7 Å². The summed E-state index contributed by atoms with van der Waals surface area (Å²) in [5.41, 5.74) is 5.53. The minimum atomic E-state index is -5.06. The molecule has 15 heteroatoms. The van der Waals surface area contributed by atoms with Crippen molar-refractivity contribution in [3.63, 3.8) is 0 Å². The highest BCUT2D eigenvalue weighted by Crippen LogP contribution is 2.45. The van der Waals surface area contributed by atoms with E-state index >= 15 is 0 Å². The summed E-state index contributed by atoms with van der Waals surface area (Å²) in [4.78, 5) is 10.7. The van der Waals surface area contributed by atoms with Crippen molar-refractivity contribution in [3.8, 4) is 22.5 Å². The fourth-order valence-corrected chi connectivity index (χ4v) is 6.46. The molecule has 0 amide bonds. The number of anilines is 1. The third-order valence-corrected chi connectivity index (χ3v) is 8.60. The van der Waals surface area contributed by atoms with Crippen LogP contribution in [-0.4, -0.2) is 65.9 Å². The second kappa shape index (κ2) is 11.9. The Morgan fingerprint density at radius 2 is 1.73 bits per heavy atom. The van der Waals surface area contributed by atoms with Crippen molar-refractivity contribution in [2.45, 2.75) is 16.2 Å². The summed E-state index contributed by atoms with van der Waals surface area (Å²) in [5, 5.41) is 17.5. The zero-order valence-electron chi connectivity index (χ0n) is 21.7. The molecular formula is C26H27N3O10S2. The van der Waals surface area contributed by atoms with Gasteiger partial charge in [-0.25, -0.2) is 17.9 Å². The maximum atomic E-state index is 13.5. The molecule has 4 rings (SSSR count). The Morgan fingerprint density at radius 1 is 1.00 bits per heavy atom. The van der Waals surface area contributed by atoms with Crippen molar-refractivity contribution < 1.29 is 45.2 Å². The van der Waals surface area contributed by atoms with Gasteiger partial charge >= 0.3 is 5.97 Å². The number of carbonyl (C=O) groups is 1. The highest BCUT2D eigenvalue weighted by Gasteiger charge is 2.31. The number of nitrogens with one attached hydrogen (secondary N) is 2. The first-order valence-corrected chi connectivity index (χ1v) is 15.0. The molecule has 218 valence electrons. The standard InChI is InChI=1S/C26H27N3O10S2/c1-37-13-14-38-12-4-11-29-40(32,33)24-19(27)9-7-17-21(15-5-2-3-6-16(15)26(30)31)18-8-10-20(28)25(41(34,35)36)23(18)39-22(17)24/h2-3,5-10,28-29H,4,11-14,27H2,1H3,(H,30,31)(H,34,35,36). The van der Waals surface area contributed by atoms with Crippen LogP contribution < -0.4 is 15.8 Å². The Kier molecular flexibility index (Phi) is 8.77. The van der Waals surface area contributed by atoms with E-state index in [2.05, 4.69) is 4.72 Å². The average Bonchev–Trinajstić information content (AvgIpc) is 2.90. The van der Waals surface area contributed by atoms with E-state index in [1.807, 2.05) is 0 Å². The molecule has 2 aliphatic rings. The predicted molar refractivity (Wildman–Crippen MR) is 148 cm³/mol. The van der Waals surface area contributed by atoms with Crippen LogP contribution in [0.5, 0.6) is 0 Å². The fourth-order valence-electron chi connectivity index (χ4n) is 4.39. The molecule has 13 nitrogen and oxygen atoms in total. The van der Waals surface area contributed by atoms with Gasteiger partial charge in [-0.15, -0.1) is 0 Å². The summed E-state index contributed by atoms with van der Waals surface area (Å²) in [7, 11) is -7.92. The molecular weight excluding hydrogens is 578 g/mol. The lowest BCUT2D eigenvalue weighted by Gasteiger charge is -2.20. The van der Waals surface area contributed by atoms with E-state index in [0.717, 1.165) is 6.07 Å². The normalized spacial score (nSPS) is 12.2. The molecule has 1 aliphatic heterocycles. The lowest BCUT2D eigenvalue weighted by Crippen LogP contribution is -2.27. The van der Waals surface area contributed by atoms with Gasteiger partial charge in [0.25, 0.3) is 10.1 Å². The van der Waals surface area contributed by atoms with E-state index in [1.54, 1.807) is 6.07 Å². The first-order valence-electron chi connectivity index (χ1n) is 12.1. The van der Waals surface area contributed by atoms with E-state index in [1.165, 1.54) is 43.5 Å². The molecule has 0 spiro atoms. The molecule has 2 aromatic rings. The van der Waals surface area contributed by atoms with Crippen molar-refractivity contribution in [1.29, 1.82) is 5.41 Å². The maximum Gasteiger partial charge on any atom is 0.336 e. The van der Waals surface area contributed by atoms with Crippen LogP contribution in [-0.2, 0) is 29.6 Å². The van der Waals surface area contributed by atoms with Crippen LogP contribution in [0.4, 0.5) is 5.69 Å². The number of carboxylic acid groups (broad SMARTS) is 1. The number of sulfonamides is 1. The van der Waals surface area contributed by atoms with Gasteiger partial charge in [-0.1, -0.05) is 18.2 Å². The van der Waals surface area contributed by atoms with Crippen LogP contribution in [0.3, 0.4) is 0 Å². The van der Waals surface area contributed by atoms with Crippen molar-refractivity contribution in [2.24, 2.45) is 0 Å². The molecule has 0 fully saturated rings. The van der Waals surface area contributed by atoms with Crippen molar-refractivity contribution in [1.82, 2.24) is 4.72 Å². The monoisotopic (exact) mass is 605 g/mol. The highest BCUT2D eigenvalue weighted by molar-refractivity contribution is 7.90. The third-order valence-electron chi connectivity index (χ3n) is 6.14. The number of carboxylic acids is 1. The zero-order valence-corrected chi connectivity index (χ0v) is 23.3. The summed E-state index contributed by atoms with van der Waals surface area (Å²) in [6.45, 7) is 0.916. The third kappa shape index (κ3) is 6.09. The van der Waals surface area contributed by atoms with Gasteiger partial charge in [0.2, 0.25) is 10.0 Å². The second-order valence-electron chi connectivity index (χ2n) is 8.84. The molecule has 0 atom stereocenters. The molecule has 0 unspecified atom stereocenters. The highest BCUT2D eigenvalue weighted by atomic mass is 32.2. The number of aromatic carboxylic acids is 1. The number of ether oxygens (including phenoxy) is 2. The number of nitrogens with two attached hydrogens (primary N) is 1. The molecule has 0 saturated heterocycles. The Labute approximate surface area is 235 Å². The number of methoxy groups -OCH3 is 1. The van der Waals surface area contributed by atoms with Gasteiger partial charge in [0.05, 0.1) is 29.8 Å². The molecule has 0 radical (unpaired) electrons. The van der Waals surface area contributed by atoms with Gasteiger partial charge in [-0.2, -0.15) is 8.42 Å². The topological polar surface area (TPSA) is 219 Å². The number of hydrogen-bond acceptors (Lipinski definition) is 10. The van der Waals surface area contributed by atoms with Gasteiger partial charge in [0, 0.05) is 36.8 Å². The van der Waals surface area contributed by atoms with Crippen LogP contribution in [0.2, 0.25) is 0 Å². The van der Waals surface area contributed by atoms with Crippen LogP contribution in [0, 0.1) is 5.41 Å². The SMILES string of the molecule is COCCOCCCNS(=O)(=O)c1c(N)ccc2c(-c3ccccc3C(=O)O)c3ccc(=N)c(S(=O)(=O)O)c-3oc12. The van der Waals surface area contributed by atoms with Crippen LogP contribution in [0.1, 0.15) is 16.8 Å². The molecule has 0 saturated carbocycles. The molecule has 6 N–H and O–H groups in total. The van der Waals surface area contributed by atoms with Crippen molar-refractivity contribution in [3.05, 3.63) is 59.5 Å². The molecule has 0 aromatic heterocycles. The quantitative estimate of drug-likeness (QED) is 0.0683. The number of hydrogen-bond donors (Lipinski definition) is 5. The largest absolute Gasteiger partial charge is 0.478 e. The Morgan fingerprint density at radius 3 is 2.41 bits per heavy atom. The fraction of sp³-hybridized carbons (Fsp3) is 0.231. The van der Waals surface area contributed by atoms with Gasteiger partial charge < -0.3 is 24.7 Å². The number of rotatable bonds is 12. The first kappa shape index (κ1) is 30.1. The van der Waals surface area contributed by atoms with E-state index in [4.69, 9.17) is 25.0 Å². The number of fused-ring (bicyclic) bond motifs is 2. The van der Waals surface area contributed by atoms with E-state index in [-0.39, 0.29) is 46.5 Å². The molecule has 41 heavy (non-hydrogen) atoms. The summed E-state index contributed by atoms with van der Waals surface area (Å²) in [5.74, 6) is -1.84. The summed E-state index contributed by atoms with van der Waals surface area (Å²) >= 11 is 0. The maximum absolute atomic E-state index is 13.5. The van der Waals surface area contributed by atoms with E-state index in [0.29, 0.717) is 19.6 Å². The minimum Gasteiger partial charge on any atom is -0.478 e. The van der Waals surface area contributed by atoms with E-state index < -0.39 is 52.6 Å². The Balaban J connectivity index is 2.02.